The minimum atomic E-state index is -0.251. The molecule has 1 atom stereocenters. The van der Waals surface area contributed by atoms with Crippen LogP contribution in [0.1, 0.15) is 12.0 Å². The molecule has 1 unspecified atom stereocenters. The van der Waals surface area contributed by atoms with E-state index in [0.717, 1.165) is 37.6 Å². The molecule has 1 aromatic rings. The summed E-state index contributed by atoms with van der Waals surface area (Å²) in [6.45, 7) is 4.42. The molecule has 0 saturated carbocycles. The monoisotopic (exact) mass is 401 g/mol. The molecule has 1 heterocycles. The molecular formula is C17H25BrFN3O2. The number of guanidine groups is 1. The van der Waals surface area contributed by atoms with Crippen LogP contribution in [0.15, 0.2) is 27.7 Å². The summed E-state index contributed by atoms with van der Waals surface area (Å²) >= 11 is 3.17. The third kappa shape index (κ3) is 5.72. The molecule has 1 N–H and O–H groups in total. The number of benzene rings is 1. The van der Waals surface area contributed by atoms with E-state index in [2.05, 4.69) is 31.1 Å². The number of rotatable bonds is 7. The van der Waals surface area contributed by atoms with Crippen molar-refractivity contribution in [3.63, 3.8) is 0 Å². The highest BCUT2D eigenvalue weighted by Gasteiger charge is 2.24. The van der Waals surface area contributed by atoms with Crippen molar-refractivity contribution in [2.24, 2.45) is 10.9 Å². The maximum atomic E-state index is 13.6. The normalized spacial score (nSPS) is 18.2. The predicted octanol–water partition coefficient (Wildman–Crippen LogP) is 2.65. The first-order valence-electron chi connectivity index (χ1n) is 8.10. The van der Waals surface area contributed by atoms with E-state index >= 15 is 0 Å². The SMILES string of the molecule is CN=C(NCc1ccc(Br)c(F)c1)N1CCC(COCCOC)C1. The van der Waals surface area contributed by atoms with Crippen LogP contribution in [-0.4, -0.2) is 57.9 Å². The Balaban J connectivity index is 1.78. The quantitative estimate of drug-likeness (QED) is 0.433. The number of nitrogens with one attached hydrogen (secondary N) is 1. The highest BCUT2D eigenvalue weighted by atomic mass is 79.9. The molecule has 1 aliphatic rings. The van der Waals surface area contributed by atoms with Crippen LogP contribution in [0, 0.1) is 11.7 Å². The van der Waals surface area contributed by atoms with E-state index in [1.165, 1.54) is 6.07 Å². The van der Waals surface area contributed by atoms with Gasteiger partial charge < -0.3 is 19.7 Å². The van der Waals surface area contributed by atoms with Gasteiger partial charge in [-0.1, -0.05) is 6.07 Å². The van der Waals surface area contributed by atoms with Crippen LogP contribution in [-0.2, 0) is 16.0 Å². The van der Waals surface area contributed by atoms with Crippen LogP contribution in [0.2, 0.25) is 0 Å². The average Bonchev–Trinajstić information content (AvgIpc) is 3.04. The summed E-state index contributed by atoms with van der Waals surface area (Å²) in [7, 11) is 3.44. The standard InChI is InChI=1S/C17H25BrFN3O2/c1-20-17(21-10-13-3-4-15(18)16(19)9-13)22-6-5-14(11-22)12-24-8-7-23-2/h3-4,9,14H,5-8,10-12H2,1-2H3,(H,20,21). The second-order valence-corrected chi connectivity index (χ2v) is 6.67. The Hall–Kier alpha value is -1.18. The molecule has 5 nitrogen and oxygen atoms in total. The van der Waals surface area contributed by atoms with E-state index in [-0.39, 0.29) is 5.82 Å². The molecule has 2 rings (SSSR count). The summed E-state index contributed by atoms with van der Waals surface area (Å²) < 4.78 is 24.6. The Morgan fingerprint density at radius 1 is 1.46 bits per heavy atom. The third-order valence-electron chi connectivity index (χ3n) is 4.02. The Morgan fingerprint density at radius 2 is 2.29 bits per heavy atom. The number of nitrogens with zero attached hydrogens (tertiary/aromatic N) is 2. The number of hydrogen-bond acceptors (Lipinski definition) is 3. The minimum absolute atomic E-state index is 0.251. The van der Waals surface area contributed by atoms with Crippen LogP contribution < -0.4 is 5.32 Å². The van der Waals surface area contributed by atoms with Gasteiger partial charge in [0, 0.05) is 39.7 Å². The molecule has 1 aliphatic heterocycles. The Morgan fingerprint density at radius 3 is 3.00 bits per heavy atom. The topological polar surface area (TPSA) is 46.1 Å². The van der Waals surface area contributed by atoms with Crippen molar-refractivity contribution in [1.29, 1.82) is 0 Å². The van der Waals surface area contributed by atoms with Gasteiger partial charge in [-0.3, -0.25) is 4.99 Å². The molecule has 134 valence electrons. The van der Waals surface area contributed by atoms with Crippen molar-refractivity contribution < 1.29 is 13.9 Å². The zero-order valence-corrected chi connectivity index (χ0v) is 15.8. The van der Waals surface area contributed by atoms with E-state index in [0.29, 0.717) is 30.1 Å². The minimum Gasteiger partial charge on any atom is -0.382 e. The molecule has 1 fully saturated rings. The first-order chi connectivity index (χ1) is 11.6. The summed E-state index contributed by atoms with van der Waals surface area (Å²) in [5, 5.41) is 3.30. The van der Waals surface area contributed by atoms with E-state index < -0.39 is 0 Å². The first kappa shape index (κ1) is 19.1. The number of halogens is 2. The van der Waals surface area contributed by atoms with E-state index in [4.69, 9.17) is 9.47 Å². The average molecular weight is 402 g/mol. The fourth-order valence-electron chi connectivity index (χ4n) is 2.72. The zero-order chi connectivity index (χ0) is 17.4. The Bertz CT molecular complexity index is 557. The van der Waals surface area contributed by atoms with Crippen molar-refractivity contribution in [2.75, 3.05) is 47.1 Å². The van der Waals surface area contributed by atoms with Crippen molar-refractivity contribution in [3.05, 3.63) is 34.1 Å². The fourth-order valence-corrected chi connectivity index (χ4v) is 2.96. The molecule has 0 aliphatic carbocycles. The molecule has 24 heavy (non-hydrogen) atoms. The number of ether oxygens (including phenoxy) is 2. The second-order valence-electron chi connectivity index (χ2n) is 5.82. The Kier molecular flexibility index (Phi) is 7.94. The summed E-state index contributed by atoms with van der Waals surface area (Å²) in [6, 6.07) is 5.14. The van der Waals surface area contributed by atoms with E-state index in [9.17, 15) is 4.39 Å². The van der Waals surface area contributed by atoms with Crippen molar-refractivity contribution in [1.82, 2.24) is 10.2 Å². The van der Waals surface area contributed by atoms with Crippen molar-refractivity contribution in [3.8, 4) is 0 Å². The molecule has 1 saturated heterocycles. The van der Waals surface area contributed by atoms with Gasteiger partial charge in [0.1, 0.15) is 5.82 Å². The summed E-state index contributed by atoms with van der Waals surface area (Å²) in [5.74, 6) is 1.10. The van der Waals surface area contributed by atoms with Gasteiger partial charge in [-0.15, -0.1) is 0 Å². The lowest BCUT2D eigenvalue weighted by atomic mass is 10.1. The molecule has 0 bridgehead atoms. The maximum absolute atomic E-state index is 13.6. The van der Waals surface area contributed by atoms with E-state index in [1.54, 1.807) is 20.2 Å². The Labute approximate surface area is 151 Å². The highest BCUT2D eigenvalue weighted by Crippen LogP contribution is 2.18. The second kappa shape index (κ2) is 9.96. The van der Waals surface area contributed by atoms with Gasteiger partial charge >= 0.3 is 0 Å². The lowest BCUT2D eigenvalue weighted by molar-refractivity contribution is 0.0536. The van der Waals surface area contributed by atoms with Gasteiger partial charge in [-0.05, 0) is 40.0 Å². The van der Waals surface area contributed by atoms with Gasteiger partial charge in [0.05, 0.1) is 24.3 Å². The smallest absolute Gasteiger partial charge is 0.193 e. The third-order valence-corrected chi connectivity index (χ3v) is 4.66. The largest absolute Gasteiger partial charge is 0.382 e. The number of hydrogen-bond donors (Lipinski definition) is 1. The molecule has 0 radical (unpaired) electrons. The fraction of sp³-hybridized carbons (Fsp3) is 0.588. The lowest BCUT2D eigenvalue weighted by Crippen LogP contribution is -2.39. The summed E-state index contributed by atoms with van der Waals surface area (Å²) in [6.07, 6.45) is 1.08. The first-order valence-corrected chi connectivity index (χ1v) is 8.89. The predicted molar refractivity (Wildman–Crippen MR) is 96.7 cm³/mol. The zero-order valence-electron chi connectivity index (χ0n) is 14.2. The van der Waals surface area contributed by atoms with Gasteiger partial charge in [0.25, 0.3) is 0 Å². The van der Waals surface area contributed by atoms with Crippen LogP contribution in [0.4, 0.5) is 4.39 Å². The number of aliphatic imine (C=N–C) groups is 1. The molecule has 0 spiro atoms. The van der Waals surface area contributed by atoms with Gasteiger partial charge in [-0.2, -0.15) is 0 Å². The lowest BCUT2D eigenvalue weighted by Gasteiger charge is -2.22. The molecule has 0 aromatic heterocycles. The van der Waals surface area contributed by atoms with Gasteiger partial charge in [-0.25, -0.2) is 4.39 Å². The van der Waals surface area contributed by atoms with Crippen LogP contribution >= 0.6 is 15.9 Å². The molecular weight excluding hydrogens is 377 g/mol. The highest BCUT2D eigenvalue weighted by molar-refractivity contribution is 9.10. The van der Waals surface area contributed by atoms with Gasteiger partial charge in [0.15, 0.2) is 5.96 Å². The van der Waals surface area contributed by atoms with Gasteiger partial charge in [0.2, 0.25) is 0 Å². The molecule has 0 amide bonds. The molecule has 7 heteroatoms. The summed E-state index contributed by atoms with van der Waals surface area (Å²) in [5.41, 5.74) is 0.885. The molecule has 1 aromatic carbocycles. The summed E-state index contributed by atoms with van der Waals surface area (Å²) in [4.78, 5) is 6.56. The van der Waals surface area contributed by atoms with E-state index in [1.807, 2.05) is 6.07 Å². The van der Waals surface area contributed by atoms with Crippen LogP contribution in [0.5, 0.6) is 0 Å². The number of methoxy groups -OCH3 is 1. The number of likely N-dealkylation sites (tertiary alicyclic amines) is 1. The van der Waals surface area contributed by atoms with Crippen molar-refractivity contribution >= 4 is 21.9 Å². The maximum Gasteiger partial charge on any atom is 0.193 e. The van der Waals surface area contributed by atoms with Crippen molar-refractivity contribution in [2.45, 2.75) is 13.0 Å². The van der Waals surface area contributed by atoms with Crippen LogP contribution in [0.25, 0.3) is 0 Å². The van der Waals surface area contributed by atoms with Crippen LogP contribution in [0.3, 0.4) is 0 Å².